The number of allylic oxidation sites excluding steroid dienone is 1. The van der Waals surface area contributed by atoms with E-state index in [1.165, 1.54) is 4.90 Å². The van der Waals surface area contributed by atoms with Gasteiger partial charge in [0.05, 0.1) is 23.3 Å². The number of aromatic nitrogens is 1. The quantitative estimate of drug-likeness (QED) is 0.437. The van der Waals surface area contributed by atoms with Crippen LogP contribution in [-0.2, 0) is 24.3 Å². The van der Waals surface area contributed by atoms with Gasteiger partial charge in [0.25, 0.3) is 0 Å². The molecule has 0 radical (unpaired) electrons. The minimum atomic E-state index is -3.78. The van der Waals surface area contributed by atoms with E-state index in [2.05, 4.69) is 16.3 Å². The lowest BCUT2D eigenvalue weighted by Gasteiger charge is -2.28. The van der Waals surface area contributed by atoms with Gasteiger partial charge in [-0.1, -0.05) is 23.8 Å². The number of carbonyl (C=O) groups excluding carboxylic acids is 3. The molecule has 0 spiro atoms. The Morgan fingerprint density at radius 2 is 1.95 bits per heavy atom. The highest BCUT2D eigenvalue weighted by molar-refractivity contribution is 7.90. The van der Waals surface area contributed by atoms with E-state index in [1.807, 2.05) is 31.2 Å². The van der Waals surface area contributed by atoms with Crippen molar-refractivity contribution in [3.05, 3.63) is 48.7 Å². The number of amides is 2. The molecule has 2 aromatic rings. The lowest BCUT2D eigenvalue weighted by molar-refractivity contribution is -0.131. The van der Waals surface area contributed by atoms with Crippen LogP contribution in [-0.4, -0.2) is 65.6 Å². The zero-order chi connectivity index (χ0) is 29.7. The van der Waals surface area contributed by atoms with Crippen LogP contribution < -0.4 is 9.46 Å². The molecule has 3 aliphatic rings. The van der Waals surface area contributed by atoms with Crippen LogP contribution in [0.4, 0.5) is 4.79 Å². The number of ketones is 1. The fourth-order valence-electron chi connectivity index (χ4n) is 5.53. The van der Waals surface area contributed by atoms with Gasteiger partial charge < -0.3 is 9.47 Å². The Morgan fingerprint density at radius 3 is 2.59 bits per heavy atom. The van der Waals surface area contributed by atoms with Gasteiger partial charge in [0.2, 0.25) is 21.8 Å². The fraction of sp³-hybridized carbons (Fsp3) is 0.533. The van der Waals surface area contributed by atoms with Crippen molar-refractivity contribution in [1.29, 1.82) is 0 Å². The predicted molar refractivity (Wildman–Crippen MR) is 153 cm³/mol. The Morgan fingerprint density at radius 1 is 1.22 bits per heavy atom. The van der Waals surface area contributed by atoms with Gasteiger partial charge in [0.1, 0.15) is 11.7 Å². The second-order valence-electron chi connectivity index (χ2n) is 12.5. The summed E-state index contributed by atoms with van der Waals surface area (Å²) in [6.07, 6.45) is 3.31. The van der Waals surface area contributed by atoms with Crippen molar-refractivity contribution < 1.29 is 32.3 Å². The van der Waals surface area contributed by atoms with Crippen molar-refractivity contribution in [3.63, 3.8) is 0 Å². The van der Waals surface area contributed by atoms with Gasteiger partial charge in [-0.2, -0.15) is 0 Å². The van der Waals surface area contributed by atoms with Gasteiger partial charge in [0.15, 0.2) is 5.78 Å². The maximum absolute atomic E-state index is 13.8. The summed E-state index contributed by atoms with van der Waals surface area (Å²) >= 11 is 0. The smallest absolute Gasteiger partial charge is 0.411 e. The van der Waals surface area contributed by atoms with E-state index in [4.69, 9.17) is 9.47 Å². The Kier molecular flexibility index (Phi) is 7.38. The van der Waals surface area contributed by atoms with Gasteiger partial charge in [-0.3, -0.25) is 19.2 Å². The molecular formula is C30H37N3O7S. The standard InChI is InChI=1S/C30H37N3O7S/c1-6-20-15-30(20,27(35)32-41(37,38)22-9-10-22)16-25(34)24-14-21(17-33(24)28(36)40-29(3,4)5)39-26-23-13-18(2)7-8-19(23)11-12-31-26/h6-8,11-13,20-22,24H,1,9-10,14-17H2,2-5H3,(H,32,35)/t20-,21-,24?,30-/m1/s1. The van der Waals surface area contributed by atoms with Crippen LogP contribution in [0.25, 0.3) is 10.8 Å². The first kappa shape index (κ1) is 29.0. The molecule has 0 bridgehead atoms. The summed E-state index contributed by atoms with van der Waals surface area (Å²) in [7, 11) is -3.78. The molecule has 1 aromatic heterocycles. The number of nitrogens with one attached hydrogen (secondary N) is 1. The molecule has 2 saturated carbocycles. The van der Waals surface area contributed by atoms with E-state index in [9.17, 15) is 22.8 Å². The monoisotopic (exact) mass is 583 g/mol. The molecule has 1 N–H and O–H groups in total. The summed E-state index contributed by atoms with van der Waals surface area (Å²) in [5.41, 5.74) is -0.964. The number of sulfonamides is 1. The molecule has 2 amide bonds. The van der Waals surface area contributed by atoms with E-state index in [-0.39, 0.29) is 31.1 Å². The highest BCUT2D eigenvalue weighted by Crippen LogP contribution is 2.57. The number of rotatable bonds is 9. The summed E-state index contributed by atoms with van der Waals surface area (Å²) < 4.78 is 39.1. The highest BCUT2D eigenvalue weighted by Gasteiger charge is 2.61. The largest absolute Gasteiger partial charge is 0.472 e. The molecule has 2 aliphatic carbocycles. The normalized spacial score (nSPS) is 26.0. The maximum Gasteiger partial charge on any atom is 0.411 e. The van der Waals surface area contributed by atoms with Crippen LogP contribution in [0.5, 0.6) is 5.88 Å². The van der Waals surface area contributed by atoms with E-state index in [1.54, 1.807) is 33.0 Å². The molecule has 11 heteroatoms. The van der Waals surface area contributed by atoms with Crippen molar-refractivity contribution in [1.82, 2.24) is 14.6 Å². The van der Waals surface area contributed by atoms with Crippen molar-refractivity contribution in [2.75, 3.05) is 6.54 Å². The van der Waals surface area contributed by atoms with Crippen LogP contribution in [0.1, 0.15) is 58.4 Å². The first-order valence-electron chi connectivity index (χ1n) is 14.0. The minimum Gasteiger partial charge on any atom is -0.472 e. The van der Waals surface area contributed by atoms with Crippen LogP contribution in [0.3, 0.4) is 0 Å². The first-order valence-corrected chi connectivity index (χ1v) is 15.5. The van der Waals surface area contributed by atoms with Gasteiger partial charge in [-0.15, -0.1) is 6.58 Å². The SMILES string of the molecule is C=C[C@@H]1C[C@]1(CC(=O)C1C[C@@H](Oc2nccc3ccc(C)cc23)CN1C(=O)OC(C)(C)C)C(=O)NS(=O)(=O)C1CC1. The molecule has 1 aromatic carbocycles. The summed E-state index contributed by atoms with van der Waals surface area (Å²) in [6.45, 7) is 11.1. The van der Waals surface area contributed by atoms with Crippen LogP contribution in [0.15, 0.2) is 43.1 Å². The van der Waals surface area contributed by atoms with Crippen LogP contribution in [0.2, 0.25) is 0 Å². The molecule has 5 rings (SSSR count). The number of hydrogen-bond donors (Lipinski definition) is 1. The average Bonchev–Trinajstić information content (AvgIpc) is 3.80. The molecule has 1 saturated heterocycles. The number of nitrogens with zero attached hydrogens (tertiary/aromatic N) is 2. The number of aryl methyl sites for hydroxylation is 1. The molecule has 220 valence electrons. The van der Waals surface area contributed by atoms with Gasteiger partial charge in [-0.25, -0.2) is 18.2 Å². The number of fused-ring (bicyclic) bond motifs is 1. The highest BCUT2D eigenvalue weighted by atomic mass is 32.2. The fourth-order valence-corrected chi connectivity index (χ4v) is 6.91. The maximum atomic E-state index is 13.8. The van der Waals surface area contributed by atoms with Crippen molar-refractivity contribution in [2.45, 2.75) is 82.8 Å². The molecule has 41 heavy (non-hydrogen) atoms. The Bertz CT molecular complexity index is 1510. The molecule has 1 unspecified atom stereocenters. The number of ether oxygens (including phenoxy) is 2. The number of carbonyl (C=O) groups is 3. The number of Topliss-reactive ketones (excluding diaryl/α,β-unsaturated/α-hetero) is 1. The molecule has 2 heterocycles. The third-order valence-corrected chi connectivity index (χ3v) is 9.80. The lowest BCUT2D eigenvalue weighted by Crippen LogP contribution is -2.46. The van der Waals surface area contributed by atoms with E-state index < -0.39 is 50.4 Å². The number of hydrogen-bond acceptors (Lipinski definition) is 8. The van der Waals surface area contributed by atoms with Crippen LogP contribution in [0, 0.1) is 18.3 Å². The van der Waals surface area contributed by atoms with Crippen LogP contribution >= 0.6 is 0 Å². The van der Waals surface area contributed by atoms with Crippen molar-refractivity contribution >= 4 is 38.6 Å². The Hall–Kier alpha value is -3.47. The zero-order valence-electron chi connectivity index (χ0n) is 23.9. The molecule has 1 aliphatic heterocycles. The van der Waals surface area contributed by atoms with E-state index >= 15 is 0 Å². The Balaban J connectivity index is 1.38. The van der Waals surface area contributed by atoms with E-state index in [0.29, 0.717) is 25.1 Å². The molecular weight excluding hydrogens is 546 g/mol. The number of likely N-dealkylation sites (tertiary alicyclic amines) is 1. The number of pyridine rings is 1. The average molecular weight is 584 g/mol. The lowest BCUT2D eigenvalue weighted by atomic mass is 9.91. The summed E-state index contributed by atoms with van der Waals surface area (Å²) in [5, 5.41) is 1.21. The molecule has 10 nitrogen and oxygen atoms in total. The molecule has 4 atom stereocenters. The summed E-state index contributed by atoms with van der Waals surface area (Å²) in [6, 6.07) is 6.92. The summed E-state index contributed by atoms with van der Waals surface area (Å²) in [5.74, 6) is -0.976. The van der Waals surface area contributed by atoms with Gasteiger partial charge >= 0.3 is 6.09 Å². The van der Waals surface area contributed by atoms with Crippen molar-refractivity contribution in [2.24, 2.45) is 11.3 Å². The third kappa shape index (κ3) is 6.10. The predicted octanol–water partition coefficient (Wildman–Crippen LogP) is 4.06. The zero-order valence-corrected chi connectivity index (χ0v) is 24.7. The second-order valence-corrected chi connectivity index (χ2v) is 14.4. The number of benzene rings is 1. The van der Waals surface area contributed by atoms with Gasteiger partial charge in [-0.05, 0) is 70.4 Å². The first-order chi connectivity index (χ1) is 19.2. The minimum absolute atomic E-state index is 0.0926. The van der Waals surface area contributed by atoms with Crippen molar-refractivity contribution in [3.8, 4) is 5.88 Å². The second kappa shape index (κ2) is 10.4. The van der Waals surface area contributed by atoms with Gasteiger partial charge in [0, 0.05) is 24.4 Å². The molecule has 3 fully saturated rings. The summed E-state index contributed by atoms with van der Waals surface area (Å²) in [4.78, 5) is 46.1. The Labute approximate surface area is 240 Å². The third-order valence-electron chi connectivity index (χ3n) is 7.98. The van der Waals surface area contributed by atoms with E-state index in [0.717, 1.165) is 16.3 Å². The topological polar surface area (TPSA) is 132 Å².